The summed E-state index contributed by atoms with van der Waals surface area (Å²) < 4.78 is 16.2. The molecule has 7 nitrogen and oxygen atoms in total. The molecular weight excluding hydrogens is 408 g/mol. The average Bonchev–Trinajstić information content (AvgIpc) is 2.85. The molecule has 0 atom stereocenters. The largest absolute Gasteiger partial charge is 0.497 e. The number of carbonyl (C=O) groups is 2. The van der Waals surface area contributed by atoms with Gasteiger partial charge < -0.3 is 24.0 Å². The van der Waals surface area contributed by atoms with Gasteiger partial charge in [-0.25, -0.2) is 0 Å². The monoisotopic (exact) mass is 440 g/mol. The summed E-state index contributed by atoms with van der Waals surface area (Å²) >= 11 is 0. The first-order valence-electron chi connectivity index (χ1n) is 11.0. The molecule has 32 heavy (non-hydrogen) atoms. The van der Waals surface area contributed by atoms with E-state index in [1.165, 1.54) is 0 Å². The van der Waals surface area contributed by atoms with Gasteiger partial charge in [-0.3, -0.25) is 9.59 Å². The predicted molar refractivity (Wildman–Crippen MR) is 122 cm³/mol. The van der Waals surface area contributed by atoms with Crippen LogP contribution in [0.3, 0.4) is 0 Å². The normalized spacial score (nSPS) is 14.0. The van der Waals surface area contributed by atoms with Crippen molar-refractivity contribution in [2.24, 2.45) is 5.92 Å². The predicted octanol–water partition coefficient (Wildman–Crippen LogP) is 3.48. The topological polar surface area (TPSA) is 68.3 Å². The van der Waals surface area contributed by atoms with Crippen LogP contribution >= 0.6 is 0 Å². The summed E-state index contributed by atoms with van der Waals surface area (Å²) in [5.41, 5.74) is 0.529. The van der Waals surface area contributed by atoms with Crippen LogP contribution in [0.1, 0.15) is 29.6 Å². The van der Waals surface area contributed by atoms with Crippen LogP contribution in [0, 0.1) is 5.92 Å². The number of likely N-dealkylation sites (tertiary alicyclic amines) is 1. The molecule has 0 aromatic heterocycles. The van der Waals surface area contributed by atoms with Crippen LogP contribution in [0.5, 0.6) is 17.2 Å². The van der Waals surface area contributed by atoms with Crippen molar-refractivity contribution in [3.63, 3.8) is 0 Å². The maximum atomic E-state index is 12.9. The van der Waals surface area contributed by atoms with Crippen molar-refractivity contribution >= 4 is 11.8 Å². The number of carbonyl (C=O) groups excluding carboxylic acids is 2. The highest BCUT2D eigenvalue weighted by Gasteiger charge is 2.29. The summed E-state index contributed by atoms with van der Waals surface area (Å²) in [6.07, 6.45) is 2.10. The first-order valence-corrected chi connectivity index (χ1v) is 11.0. The molecule has 0 saturated carbocycles. The summed E-state index contributed by atoms with van der Waals surface area (Å²) in [4.78, 5) is 29.3. The van der Waals surface area contributed by atoms with Gasteiger partial charge in [0.25, 0.3) is 5.91 Å². The average molecular weight is 441 g/mol. The molecule has 2 aromatic carbocycles. The van der Waals surface area contributed by atoms with Gasteiger partial charge in [0.2, 0.25) is 5.91 Å². The summed E-state index contributed by atoms with van der Waals surface area (Å²) in [5, 5.41) is 0. The Kier molecular flexibility index (Phi) is 8.36. The Balaban J connectivity index is 1.45. The van der Waals surface area contributed by atoms with Crippen LogP contribution in [0.25, 0.3) is 0 Å². The Hall–Kier alpha value is -3.22. The minimum Gasteiger partial charge on any atom is -0.497 e. The molecule has 7 heteroatoms. The highest BCUT2D eigenvalue weighted by Crippen LogP contribution is 2.26. The van der Waals surface area contributed by atoms with E-state index in [-0.39, 0.29) is 17.7 Å². The third kappa shape index (κ3) is 6.15. The van der Waals surface area contributed by atoms with E-state index < -0.39 is 0 Å². The first kappa shape index (κ1) is 23.4. The van der Waals surface area contributed by atoms with Gasteiger partial charge in [0.1, 0.15) is 17.2 Å². The molecule has 172 valence electrons. The second-order valence-electron chi connectivity index (χ2n) is 7.94. The number of nitrogens with zero attached hydrogens (tertiary/aromatic N) is 2. The second-order valence-corrected chi connectivity index (χ2v) is 7.94. The lowest BCUT2D eigenvalue weighted by molar-refractivity contribution is -0.135. The zero-order valence-corrected chi connectivity index (χ0v) is 19.1. The van der Waals surface area contributed by atoms with Crippen LogP contribution < -0.4 is 14.2 Å². The fourth-order valence-corrected chi connectivity index (χ4v) is 3.87. The number of hydrogen-bond acceptors (Lipinski definition) is 5. The molecule has 1 saturated heterocycles. The smallest absolute Gasteiger partial charge is 0.254 e. The maximum Gasteiger partial charge on any atom is 0.254 e. The van der Waals surface area contributed by atoms with Crippen LogP contribution in [-0.4, -0.2) is 69.1 Å². The number of methoxy groups -OCH3 is 2. The molecule has 0 spiro atoms. The Labute approximate surface area is 189 Å². The van der Waals surface area contributed by atoms with Gasteiger partial charge in [-0.1, -0.05) is 18.2 Å². The Morgan fingerprint density at radius 1 is 0.969 bits per heavy atom. The molecule has 2 aromatic rings. The fourth-order valence-electron chi connectivity index (χ4n) is 3.87. The zero-order valence-electron chi connectivity index (χ0n) is 19.1. The molecule has 0 radical (unpaired) electrons. The molecule has 1 fully saturated rings. The quantitative estimate of drug-likeness (QED) is 0.559. The van der Waals surface area contributed by atoms with Crippen molar-refractivity contribution in [2.75, 3.05) is 47.5 Å². The van der Waals surface area contributed by atoms with Crippen molar-refractivity contribution < 1.29 is 23.8 Å². The number of hydrogen-bond donors (Lipinski definition) is 0. The first-order chi connectivity index (χ1) is 15.5. The molecule has 0 N–H and O–H groups in total. The molecule has 1 aliphatic rings. The minimum atomic E-state index is -0.0699. The standard InChI is InChI=1S/C25H32N2O5/c1-26(12-7-15-32-21-8-5-4-6-9-21)24(28)19-10-13-27(14-11-19)25(29)20-16-22(30-2)18-23(17-20)31-3/h4-6,8-9,16-19H,7,10-15H2,1-3H3. The van der Waals surface area contributed by atoms with E-state index in [1.807, 2.05) is 37.4 Å². The Morgan fingerprint density at radius 3 is 2.19 bits per heavy atom. The van der Waals surface area contributed by atoms with Gasteiger partial charge in [0.05, 0.1) is 20.8 Å². The van der Waals surface area contributed by atoms with Gasteiger partial charge in [-0.2, -0.15) is 0 Å². The van der Waals surface area contributed by atoms with Crippen LogP contribution in [0.15, 0.2) is 48.5 Å². The van der Waals surface area contributed by atoms with Gasteiger partial charge >= 0.3 is 0 Å². The highest BCUT2D eigenvalue weighted by atomic mass is 16.5. The van der Waals surface area contributed by atoms with Gasteiger partial charge in [0.15, 0.2) is 0 Å². The lowest BCUT2D eigenvalue weighted by atomic mass is 9.94. The van der Waals surface area contributed by atoms with E-state index in [9.17, 15) is 9.59 Å². The number of para-hydroxylation sites is 1. The van der Waals surface area contributed by atoms with E-state index in [2.05, 4.69) is 0 Å². The summed E-state index contributed by atoms with van der Waals surface area (Å²) in [6.45, 7) is 2.33. The number of amides is 2. The third-order valence-electron chi connectivity index (χ3n) is 5.76. The highest BCUT2D eigenvalue weighted by molar-refractivity contribution is 5.95. The van der Waals surface area contributed by atoms with Crippen LogP contribution in [0.2, 0.25) is 0 Å². The number of piperidine rings is 1. The lowest BCUT2D eigenvalue weighted by Gasteiger charge is -2.33. The number of benzene rings is 2. The maximum absolute atomic E-state index is 12.9. The zero-order chi connectivity index (χ0) is 22.9. The number of rotatable bonds is 9. The Morgan fingerprint density at radius 2 is 1.59 bits per heavy atom. The van der Waals surface area contributed by atoms with E-state index in [0.717, 1.165) is 12.2 Å². The minimum absolute atomic E-state index is 0.0565. The van der Waals surface area contributed by atoms with Crippen LogP contribution in [0.4, 0.5) is 0 Å². The van der Waals surface area contributed by atoms with Gasteiger partial charge in [0, 0.05) is 44.2 Å². The SMILES string of the molecule is COc1cc(OC)cc(C(=O)N2CCC(C(=O)N(C)CCCOc3ccccc3)CC2)c1. The van der Waals surface area contributed by atoms with E-state index in [4.69, 9.17) is 14.2 Å². The van der Waals surface area contributed by atoms with E-state index in [0.29, 0.717) is 56.1 Å². The molecular formula is C25H32N2O5. The fraction of sp³-hybridized carbons (Fsp3) is 0.440. The van der Waals surface area contributed by atoms with Gasteiger partial charge in [-0.05, 0) is 43.5 Å². The van der Waals surface area contributed by atoms with Crippen molar-refractivity contribution in [3.8, 4) is 17.2 Å². The van der Waals surface area contributed by atoms with Gasteiger partial charge in [-0.15, -0.1) is 0 Å². The second kappa shape index (κ2) is 11.4. The Bertz CT molecular complexity index is 872. The summed E-state index contributed by atoms with van der Waals surface area (Å²) in [6, 6.07) is 14.8. The molecule has 0 unspecified atom stereocenters. The molecule has 2 amide bonds. The van der Waals surface area contributed by atoms with Crippen molar-refractivity contribution in [1.29, 1.82) is 0 Å². The molecule has 3 rings (SSSR count). The van der Waals surface area contributed by atoms with Crippen molar-refractivity contribution in [2.45, 2.75) is 19.3 Å². The van der Waals surface area contributed by atoms with E-state index >= 15 is 0 Å². The number of ether oxygens (including phenoxy) is 3. The summed E-state index contributed by atoms with van der Waals surface area (Å²) in [7, 11) is 4.96. The third-order valence-corrected chi connectivity index (χ3v) is 5.76. The van der Waals surface area contributed by atoms with E-state index in [1.54, 1.807) is 42.2 Å². The van der Waals surface area contributed by atoms with Crippen molar-refractivity contribution in [1.82, 2.24) is 9.80 Å². The lowest BCUT2D eigenvalue weighted by Crippen LogP contribution is -2.43. The summed E-state index contributed by atoms with van der Waals surface area (Å²) in [5.74, 6) is 2.01. The molecule has 1 aliphatic heterocycles. The van der Waals surface area contributed by atoms with Crippen molar-refractivity contribution in [3.05, 3.63) is 54.1 Å². The molecule has 0 bridgehead atoms. The molecule has 0 aliphatic carbocycles. The molecule has 1 heterocycles. The van der Waals surface area contributed by atoms with Crippen LogP contribution in [-0.2, 0) is 4.79 Å².